The summed E-state index contributed by atoms with van der Waals surface area (Å²) < 4.78 is 0. The van der Waals surface area contributed by atoms with Gasteiger partial charge in [0.15, 0.2) is 0 Å². The SMILES string of the molecule is Cc1ccc(CN(CC2CCNCC2)C(C)C)cc1C. The van der Waals surface area contributed by atoms with Crippen molar-refractivity contribution in [3.8, 4) is 0 Å². The molecule has 20 heavy (non-hydrogen) atoms. The topological polar surface area (TPSA) is 15.3 Å². The third-order valence-corrected chi connectivity index (χ3v) is 4.64. The number of nitrogens with zero attached hydrogens (tertiary/aromatic N) is 1. The van der Waals surface area contributed by atoms with Crippen molar-refractivity contribution >= 4 is 0 Å². The molecule has 0 saturated carbocycles. The van der Waals surface area contributed by atoms with Gasteiger partial charge in [-0.2, -0.15) is 0 Å². The Bertz CT molecular complexity index is 419. The number of aryl methyl sites for hydroxylation is 2. The molecule has 0 unspecified atom stereocenters. The van der Waals surface area contributed by atoms with Gasteiger partial charge in [0.05, 0.1) is 0 Å². The van der Waals surface area contributed by atoms with Crippen molar-refractivity contribution in [3.05, 3.63) is 34.9 Å². The molecule has 0 aromatic heterocycles. The largest absolute Gasteiger partial charge is 0.317 e. The van der Waals surface area contributed by atoms with Crippen molar-refractivity contribution in [2.24, 2.45) is 5.92 Å². The van der Waals surface area contributed by atoms with Crippen LogP contribution in [-0.2, 0) is 6.54 Å². The standard InChI is InChI=1S/C18H30N2/c1-14(2)20(12-17-7-9-19-10-8-17)13-18-6-5-15(3)16(4)11-18/h5-6,11,14,17,19H,7-10,12-13H2,1-4H3. The van der Waals surface area contributed by atoms with E-state index in [1.165, 1.54) is 49.2 Å². The summed E-state index contributed by atoms with van der Waals surface area (Å²) >= 11 is 0. The van der Waals surface area contributed by atoms with Crippen LogP contribution in [0.1, 0.15) is 43.4 Å². The Kier molecular flexibility index (Phi) is 5.62. The molecule has 1 aromatic rings. The van der Waals surface area contributed by atoms with Gasteiger partial charge in [-0.3, -0.25) is 4.90 Å². The molecule has 0 amide bonds. The Hall–Kier alpha value is -0.860. The Morgan fingerprint density at radius 2 is 1.85 bits per heavy atom. The third-order valence-electron chi connectivity index (χ3n) is 4.64. The normalized spacial score (nSPS) is 17.1. The number of hydrogen-bond acceptors (Lipinski definition) is 2. The first kappa shape index (κ1) is 15.5. The lowest BCUT2D eigenvalue weighted by atomic mass is 9.96. The average Bonchev–Trinajstić information content (AvgIpc) is 2.43. The highest BCUT2D eigenvalue weighted by atomic mass is 15.1. The van der Waals surface area contributed by atoms with E-state index in [1.807, 2.05) is 0 Å². The highest BCUT2D eigenvalue weighted by Gasteiger charge is 2.19. The zero-order valence-corrected chi connectivity index (χ0v) is 13.6. The summed E-state index contributed by atoms with van der Waals surface area (Å²) in [6.45, 7) is 13.8. The van der Waals surface area contributed by atoms with Crippen molar-refractivity contribution in [2.75, 3.05) is 19.6 Å². The second kappa shape index (κ2) is 7.24. The Labute approximate surface area is 124 Å². The number of benzene rings is 1. The minimum atomic E-state index is 0.617. The van der Waals surface area contributed by atoms with E-state index in [-0.39, 0.29) is 0 Å². The number of nitrogens with one attached hydrogen (secondary N) is 1. The number of hydrogen-bond donors (Lipinski definition) is 1. The number of rotatable bonds is 5. The summed E-state index contributed by atoms with van der Waals surface area (Å²) in [4.78, 5) is 2.64. The maximum absolute atomic E-state index is 3.46. The summed E-state index contributed by atoms with van der Waals surface area (Å²) in [5, 5.41) is 3.46. The lowest BCUT2D eigenvalue weighted by molar-refractivity contribution is 0.162. The molecule has 1 heterocycles. The predicted octanol–water partition coefficient (Wildman–Crippen LogP) is 3.51. The molecule has 1 aromatic carbocycles. The second-order valence-corrected chi connectivity index (χ2v) is 6.64. The molecule has 2 nitrogen and oxygen atoms in total. The molecule has 0 radical (unpaired) electrons. The lowest BCUT2D eigenvalue weighted by Gasteiger charge is -2.33. The van der Waals surface area contributed by atoms with Crippen molar-refractivity contribution in [1.29, 1.82) is 0 Å². The molecule has 1 aliphatic heterocycles. The van der Waals surface area contributed by atoms with Gasteiger partial charge in [-0.25, -0.2) is 0 Å². The van der Waals surface area contributed by atoms with Crippen molar-refractivity contribution in [1.82, 2.24) is 10.2 Å². The summed E-state index contributed by atoms with van der Waals surface area (Å²) in [6.07, 6.45) is 2.66. The van der Waals surface area contributed by atoms with Gasteiger partial charge in [0.1, 0.15) is 0 Å². The molecule has 1 fully saturated rings. The van der Waals surface area contributed by atoms with Crippen LogP contribution in [0.5, 0.6) is 0 Å². The first-order valence-electron chi connectivity index (χ1n) is 8.07. The molecule has 0 bridgehead atoms. The maximum Gasteiger partial charge on any atom is 0.0236 e. The maximum atomic E-state index is 3.46. The van der Waals surface area contributed by atoms with Gasteiger partial charge in [0, 0.05) is 19.1 Å². The molecular formula is C18H30N2. The predicted molar refractivity (Wildman–Crippen MR) is 87.1 cm³/mol. The minimum absolute atomic E-state index is 0.617. The third kappa shape index (κ3) is 4.32. The van der Waals surface area contributed by atoms with Gasteiger partial charge in [-0.05, 0) is 76.2 Å². The molecule has 1 aliphatic rings. The van der Waals surface area contributed by atoms with Gasteiger partial charge in [-0.1, -0.05) is 18.2 Å². The minimum Gasteiger partial charge on any atom is -0.317 e. The van der Waals surface area contributed by atoms with Gasteiger partial charge < -0.3 is 5.32 Å². The van der Waals surface area contributed by atoms with Crippen LogP contribution in [-0.4, -0.2) is 30.6 Å². The van der Waals surface area contributed by atoms with Crippen LogP contribution in [0, 0.1) is 19.8 Å². The Balaban J connectivity index is 1.99. The first-order chi connectivity index (χ1) is 9.56. The van der Waals surface area contributed by atoms with E-state index < -0.39 is 0 Å². The first-order valence-corrected chi connectivity index (χ1v) is 8.07. The van der Waals surface area contributed by atoms with E-state index >= 15 is 0 Å². The van der Waals surface area contributed by atoms with Crippen LogP contribution in [0.2, 0.25) is 0 Å². The summed E-state index contributed by atoms with van der Waals surface area (Å²) in [5.74, 6) is 0.866. The van der Waals surface area contributed by atoms with Crippen LogP contribution < -0.4 is 5.32 Å². The fraction of sp³-hybridized carbons (Fsp3) is 0.667. The fourth-order valence-corrected chi connectivity index (χ4v) is 2.99. The summed E-state index contributed by atoms with van der Waals surface area (Å²) in [6, 6.07) is 7.52. The Morgan fingerprint density at radius 3 is 2.45 bits per heavy atom. The van der Waals surface area contributed by atoms with E-state index in [2.05, 4.69) is 56.1 Å². The molecule has 0 aliphatic carbocycles. The van der Waals surface area contributed by atoms with Gasteiger partial charge in [0.25, 0.3) is 0 Å². The van der Waals surface area contributed by atoms with E-state index in [0.717, 1.165) is 12.5 Å². The summed E-state index contributed by atoms with van der Waals surface area (Å²) in [7, 11) is 0. The van der Waals surface area contributed by atoms with Crippen molar-refractivity contribution in [3.63, 3.8) is 0 Å². The van der Waals surface area contributed by atoms with E-state index in [4.69, 9.17) is 0 Å². The van der Waals surface area contributed by atoms with Crippen LogP contribution in [0.3, 0.4) is 0 Å². The molecule has 112 valence electrons. The second-order valence-electron chi connectivity index (χ2n) is 6.64. The zero-order valence-electron chi connectivity index (χ0n) is 13.6. The van der Waals surface area contributed by atoms with Crippen LogP contribution >= 0.6 is 0 Å². The Morgan fingerprint density at radius 1 is 1.15 bits per heavy atom. The monoisotopic (exact) mass is 274 g/mol. The van der Waals surface area contributed by atoms with Crippen molar-refractivity contribution in [2.45, 2.75) is 53.1 Å². The van der Waals surface area contributed by atoms with Crippen LogP contribution in [0.4, 0.5) is 0 Å². The number of piperidine rings is 1. The van der Waals surface area contributed by atoms with Gasteiger partial charge in [0.2, 0.25) is 0 Å². The van der Waals surface area contributed by atoms with Gasteiger partial charge >= 0.3 is 0 Å². The molecule has 1 N–H and O–H groups in total. The smallest absolute Gasteiger partial charge is 0.0236 e. The average molecular weight is 274 g/mol. The van der Waals surface area contributed by atoms with E-state index in [0.29, 0.717) is 6.04 Å². The lowest BCUT2D eigenvalue weighted by Crippen LogP contribution is -2.39. The van der Waals surface area contributed by atoms with Crippen molar-refractivity contribution < 1.29 is 0 Å². The fourth-order valence-electron chi connectivity index (χ4n) is 2.99. The molecular weight excluding hydrogens is 244 g/mol. The highest BCUT2D eigenvalue weighted by molar-refractivity contribution is 5.29. The summed E-state index contributed by atoms with van der Waals surface area (Å²) in [5.41, 5.74) is 4.26. The molecule has 2 heteroatoms. The zero-order chi connectivity index (χ0) is 14.5. The quantitative estimate of drug-likeness (QED) is 0.884. The van der Waals surface area contributed by atoms with E-state index in [1.54, 1.807) is 0 Å². The van der Waals surface area contributed by atoms with Gasteiger partial charge in [-0.15, -0.1) is 0 Å². The molecule has 0 spiro atoms. The molecule has 1 saturated heterocycles. The molecule has 0 atom stereocenters. The highest BCUT2D eigenvalue weighted by Crippen LogP contribution is 2.18. The van der Waals surface area contributed by atoms with E-state index in [9.17, 15) is 0 Å². The van der Waals surface area contributed by atoms with Crippen LogP contribution in [0.15, 0.2) is 18.2 Å². The van der Waals surface area contributed by atoms with Crippen LogP contribution in [0.25, 0.3) is 0 Å². The molecule has 2 rings (SSSR count).